The first-order valence-corrected chi connectivity index (χ1v) is 8.57. The molecular formula is C19H23N3O3. The fraction of sp³-hybridized carbons (Fsp3) is 0.421. The molecule has 1 amide bonds. The van der Waals surface area contributed by atoms with Crippen molar-refractivity contribution in [1.29, 1.82) is 0 Å². The average molecular weight is 341 g/mol. The van der Waals surface area contributed by atoms with E-state index in [2.05, 4.69) is 10.3 Å². The average Bonchev–Trinajstić information content (AvgIpc) is 3.11. The van der Waals surface area contributed by atoms with Gasteiger partial charge in [0.1, 0.15) is 5.56 Å². The molecule has 1 saturated heterocycles. The molecule has 6 nitrogen and oxygen atoms in total. The number of pyridine rings is 2. The van der Waals surface area contributed by atoms with Crippen LogP contribution < -0.4 is 10.9 Å². The van der Waals surface area contributed by atoms with Crippen LogP contribution in [0.15, 0.2) is 35.3 Å². The van der Waals surface area contributed by atoms with E-state index in [1.54, 1.807) is 17.7 Å². The molecule has 0 aromatic carbocycles. The van der Waals surface area contributed by atoms with E-state index in [1.807, 2.05) is 31.2 Å². The first kappa shape index (κ1) is 17.4. The predicted molar refractivity (Wildman–Crippen MR) is 94.6 cm³/mol. The molecule has 2 aromatic rings. The van der Waals surface area contributed by atoms with Crippen molar-refractivity contribution in [3.05, 3.63) is 63.3 Å². The Morgan fingerprint density at radius 3 is 2.92 bits per heavy atom. The SMILES string of the molecule is Cc1cc(C)n(CC2CCCO2)c(=O)c1C(=O)NCc1ccccn1. The van der Waals surface area contributed by atoms with Crippen LogP contribution >= 0.6 is 0 Å². The van der Waals surface area contributed by atoms with Crippen LogP contribution in [0.3, 0.4) is 0 Å². The van der Waals surface area contributed by atoms with Crippen LogP contribution in [0.1, 0.15) is 40.2 Å². The van der Waals surface area contributed by atoms with Gasteiger partial charge in [0.25, 0.3) is 11.5 Å². The van der Waals surface area contributed by atoms with E-state index in [1.165, 1.54) is 0 Å². The Morgan fingerprint density at radius 2 is 2.24 bits per heavy atom. The van der Waals surface area contributed by atoms with Gasteiger partial charge in [0.2, 0.25) is 0 Å². The molecular weight excluding hydrogens is 318 g/mol. The largest absolute Gasteiger partial charge is 0.376 e. The fourth-order valence-corrected chi connectivity index (χ4v) is 3.18. The van der Waals surface area contributed by atoms with Gasteiger partial charge >= 0.3 is 0 Å². The zero-order chi connectivity index (χ0) is 17.8. The van der Waals surface area contributed by atoms with E-state index in [0.29, 0.717) is 12.1 Å². The highest BCUT2D eigenvalue weighted by atomic mass is 16.5. The molecule has 25 heavy (non-hydrogen) atoms. The van der Waals surface area contributed by atoms with E-state index in [0.717, 1.165) is 30.8 Å². The highest BCUT2D eigenvalue weighted by Gasteiger charge is 2.21. The lowest BCUT2D eigenvalue weighted by Crippen LogP contribution is -2.36. The van der Waals surface area contributed by atoms with E-state index in [9.17, 15) is 9.59 Å². The van der Waals surface area contributed by atoms with Crippen LogP contribution in [0.4, 0.5) is 0 Å². The molecule has 3 heterocycles. The topological polar surface area (TPSA) is 73.2 Å². The fourth-order valence-electron chi connectivity index (χ4n) is 3.18. The molecule has 0 radical (unpaired) electrons. The molecule has 0 saturated carbocycles. The Labute approximate surface area is 146 Å². The van der Waals surface area contributed by atoms with Crippen molar-refractivity contribution >= 4 is 5.91 Å². The number of carbonyl (C=O) groups excluding carboxylic acids is 1. The summed E-state index contributed by atoms with van der Waals surface area (Å²) in [4.78, 5) is 29.6. The van der Waals surface area contributed by atoms with Gasteiger partial charge in [-0.2, -0.15) is 0 Å². The van der Waals surface area contributed by atoms with Crippen molar-refractivity contribution < 1.29 is 9.53 Å². The van der Waals surface area contributed by atoms with Crippen LogP contribution in [0.25, 0.3) is 0 Å². The van der Waals surface area contributed by atoms with Gasteiger partial charge in [-0.25, -0.2) is 0 Å². The molecule has 1 atom stereocenters. The molecule has 132 valence electrons. The lowest BCUT2D eigenvalue weighted by Gasteiger charge is -2.17. The number of amides is 1. The number of hydrogen-bond acceptors (Lipinski definition) is 4. The van der Waals surface area contributed by atoms with Crippen LogP contribution in [-0.2, 0) is 17.8 Å². The summed E-state index contributed by atoms with van der Waals surface area (Å²) in [7, 11) is 0. The van der Waals surface area contributed by atoms with Crippen LogP contribution in [0.2, 0.25) is 0 Å². The number of aryl methyl sites for hydroxylation is 2. The number of carbonyl (C=O) groups is 1. The van der Waals surface area contributed by atoms with Crippen LogP contribution in [0, 0.1) is 13.8 Å². The van der Waals surface area contributed by atoms with Gasteiger partial charge in [0, 0.05) is 18.5 Å². The minimum atomic E-state index is -0.366. The number of aromatic nitrogens is 2. The quantitative estimate of drug-likeness (QED) is 0.902. The summed E-state index contributed by atoms with van der Waals surface area (Å²) in [5.41, 5.74) is 2.22. The van der Waals surface area contributed by atoms with Gasteiger partial charge in [-0.3, -0.25) is 14.6 Å². The Hall–Kier alpha value is -2.47. The molecule has 1 aliphatic rings. The normalized spacial score (nSPS) is 16.8. The predicted octanol–water partition coefficient (Wildman–Crippen LogP) is 1.97. The van der Waals surface area contributed by atoms with Gasteiger partial charge in [-0.1, -0.05) is 6.07 Å². The third-order valence-corrected chi connectivity index (χ3v) is 4.50. The molecule has 1 unspecified atom stereocenters. The van der Waals surface area contributed by atoms with Crippen molar-refractivity contribution in [1.82, 2.24) is 14.9 Å². The number of nitrogens with one attached hydrogen (secondary N) is 1. The second-order valence-electron chi connectivity index (χ2n) is 6.40. The van der Waals surface area contributed by atoms with Crippen molar-refractivity contribution in [3.8, 4) is 0 Å². The van der Waals surface area contributed by atoms with Crippen molar-refractivity contribution in [3.63, 3.8) is 0 Å². The maximum absolute atomic E-state index is 12.9. The van der Waals surface area contributed by atoms with Gasteiger partial charge in [0.05, 0.1) is 24.9 Å². The number of nitrogens with zero attached hydrogens (tertiary/aromatic N) is 2. The lowest BCUT2D eigenvalue weighted by molar-refractivity contribution is 0.0925. The second-order valence-corrected chi connectivity index (χ2v) is 6.40. The lowest BCUT2D eigenvalue weighted by atomic mass is 10.1. The Bertz CT molecular complexity index is 809. The monoisotopic (exact) mass is 341 g/mol. The molecule has 3 rings (SSSR count). The van der Waals surface area contributed by atoms with E-state index in [4.69, 9.17) is 4.74 Å². The Kier molecular flexibility index (Phi) is 5.28. The summed E-state index contributed by atoms with van der Waals surface area (Å²) >= 11 is 0. The molecule has 0 spiro atoms. The number of rotatable bonds is 5. The summed E-state index contributed by atoms with van der Waals surface area (Å²) in [6, 6.07) is 7.39. The van der Waals surface area contributed by atoms with Crippen molar-refractivity contribution in [2.45, 2.75) is 45.9 Å². The van der Waals surface area contributed by atoms with Crippen LogP contribution in [0.5, 0.6) is 0 Å². The van der Waals surface area contributed by atoms with E-state index < -0.39 is 0 Å². The van der Waals surface area contributed by atoms with Gasteiger partial charge in [-0.15, -0.1) is 0 Å². The zero-order valence-electron chi connectivity index (χ0n) is 14.6. The number of ether oxygens (including phenoxy) is 1. The van der Waals surface area contributed by atoms with Gasteiger partial charge < -0.3 is 14.6 Å². The molecule has 6 heteroatoms. The second kappa shape index (κ2) is 7.61. The Morgan fingerprint density at radius 1 is 1.40 bits per heavy atom. The Balaban J connectivity index is 1.82. The van der Waals surface area contributed by atoms with Crippen LogP contribution in [-0.4, -0.2) is 28.2 Å². The highest BCUT2D eigenvalue weighted by molar-refractivity contribution is 5.95. The van der Waals surface area contributed by atoms with Gasteiger partial charge in [-0.05, 0) is 50.5 Å². The molecule has 1 N–H and O–H groups in total. The molecule has 0 bridgehead atoms. The summed E-state index contributed by atoms with van der Waals surface area (Å²) < 4.78 is 7.29. The standard InChI is InChI=1S/C19H23N3O3/c1-13-10-14(2)22(12-16-7-5-9-25-16)19(24)17(13)18(23)21-11-15-6-3-4-8-20-15/h3-4,6,8,10,16H,5,7,9,11-12H2,1-2H3,(H,21,23). The third kappa shape index (κ3) is 3.96. The highest BCUT2D eigenvalue weighted by Crippen LogP contribution is 2.15. The summed E-state index contributed by atoms with van der Waals surface area (Å²) in [6.07, 6.45) is 3.68. The molecule has 0 aliphatic carbocycles. The summed E-state index contributed by atoms with van der Waals surface area (Å²) in [5, 5.41) is 2.79. The first-order chi connectivity index (χ1) is 12.1. The maximum atomic E-state index is 12.9. The van der Waals surface area contributed by atoms with Crippen molar-refractivity contribution in [2.75, 3.05) is 6.61 Å². The minimum absolute atomic E-state index is 0.0449. The molecule has 1 aliphatic heterocycles. The smallest absolute Gasteiger partial charge is 0.263 e. The first-order valence-electron chi connectivity index (χ1n) is 8.57. The molecule has 1 fully saturated rings. The maximum Gasteiger partial charge on any atom is 0.263 e. The van der Waals surface area contributed by atoms with Gasteiger partial charge in [0.15, 0.2) is 0 Å². The zero-order valence-corrected chi connectivity index (χ0v) is 14.6. The van der Waals surface area contributed by atoms with E-state index >= 15 is 0 Å². The van der Waals surface area contributed by atoms with E-state index in [-0.39, 0.29) is 29.7 Å². The summed E-state index contributed by atoms with van der Waals surface area (Å²) in [5.74, 6) is -0.366. The minimum Gasteiger partial charge on any atom is -0.376 e. The third-order valence-electron chi connectivity index (χ3n) is 4.50. The van der Waals surface area contributed by atoms with Crippen molar-refractivity contribution in [2.24, 2.45) is 0 Å². The summed E-state index contributed by atoms with van der Waals surface area (Å²) in [6.45, 7) is 5.20. The number of hydrogen-bond donors (Lipinski definition) is 1. The molecule has 2 aromatic heterocycles.